The molecule has 0 amide bonds. The van der Waals surface area contributed by atoms with Gasteiger partial charge < -0.3 is 14.6 Å². The molecule has 1 heterocycles. The molecule has 3 rings (SSSR count). The molecule has 0 spiro atoms. The van der Waals surface area contributed by atoms with Gasteiger partial charge in [0.1, 0.15) is 5.82 Å². The quantitative estimate of drug-likeness (QED) is 0.830. The van der Waals surface area contributed by atoms with Crippen LogP contribution in [0.4, 0.5) is 4.39 Å². The lowest BCUT2D eigenvalue weighted by Crippen LogP contribution is -2.31. The molecule has 1 unspecified atom stereocenters. The Hall–Kier alpha value is -2.11. The highest BCUT2D eigenvalue weighted by Gasteiger charge is 2.21. The van der Waals surface area contributed by atoms with Crippen molar-refractivity contribution in [1.29, 1.82) is 0 Å². The molecule has 134 valence electrons. The number of phenols is 1. The first-order valence-electron chi connectivity index (χ1n) is 8.59. The lowest BCUT2D eigenvalue weighted by Gasteiger charge is -2.26. The van der Waals surface area contributed by atoms with E-state index in [1.807, 2.05) is 18.2 Å². The van der Waals surface area contributed by atoms with Gasteiger partial charge >= 0.3 is 0 Å². The minimum atomic E-state index is -0.213. The molecule has 2 aromatic carbocycles. The average molecular weight is 345 g/mol. The smallest absolute Gasteiger partial charge is 0.162 e. The molecule has 1 aliphatic heterocycles. The van der Waals surface area contributed by atoms with Crippen molar-refractivity contribution in [1.82, 2.24) is 4.90 Å². The summed E-state index contributed by atoms with van der Waals surface area (Å²) in [7, 11) is 1.53. The minimum absolute atomic E-state index is 0.135. The molecule has 1 saturated heterocycles. The zero-order valence-electron chi connectivity index (χ0n) is 14.5. The van der Waals surface area contributed by atoms with E-state index in [1.165, 1.54) is 13.2 Å². The Morgan fingerprint density at radius 3 is 2.64 bits per heavy atom. The number of ether oxygens (including phenoxy) is 2. The maximum Gasteiger partial charge on any atom is 0.162 e. The summed E-state index contributed by atoms with van der Waals surface area (Å²) in [5.74, 6) is 0.367. The first-order chi connectivity index (χ1) is 12.2. The molecular weight excluding hydrogens is 321 g/mol. The van der Waals surface area contributed by atoms with Crippen molar-refractivity contribution in [3.8, 4) is 11.5 Å². The van der Waals surface area contributed by atoms with Gasteiger partial charge in [-0.15, -0.1) is 0 Å². The summed E-state index contributed by atoms with van der Waals surface area (Å²) < 4.78 is 25.0. The highest BCUT2D eigenvalue weighted by molar-refractivity contribution is 5.45. The molecule has 25 heavy (non-hydrogen) atoms. The van der Waals surface area contributed by atoms with E-state index in [4.69, 9.17) is 9.47 Å². The molecule has 0 aliphatic carbocycles. The lowest BCUT2D eigenvalue weighted by molar-refractivity contribution is 0.0672. The fourth-order valence-corrected chi connectivity index (χ4v) is 3.23. The van der Waals surface area contributed by atoms with Crippen LogP contribution in [0.15, 0.2) is 42.5 Å². The number of phenolic OH excluding ortho intramolecular Hbond substituents is 1. The molecule has 0 saturated carbocycles. The Balaban J connectivity index is 1.79. The predicted octanol–water partition coefficient (Wildman–Crippen LogP) is 3.72. The number of para-hydroxylation sites is 1. The molecule has 2 aromatic rings. The number of methoxy groups -OCH3 is 1. The summed E-state index contributed by atoms with van der Waals surface area (Å²) in [6, 6.07) is 12.2. The van der Waals surface area contributed by atoms with Crippen molar-refractivity contribution in [2.45, 2.75) is 32.0 Å². The van der Waals surface area contributed by atoms with E-state index >= 15 is 0 Å². The Kier molecular flexibility index (Phi) is 5.89. The van der Waals surface area contributed by atoms with E-state index in [-0.39, 0.29) is 17.7 Å². The fourth-order valence-electron chi connectivity index (χ4n) is 3.23. The Morgan fingerprint density at radius 2 is 1.92 bits per heavy atom. The summed E-state index contributed by atoms with van der Waals surface area (Å²) in [5, 5.41) is 10.4. The van der Waals surface area contributed by atoms with Gasteiger partial charge in [0.15, 0.2) is 11.5 Å². The van der Waals surface area contributed by atoms with Gasteiger partial charge in [-0.3, -0.25) is 4.90 Å². The van der Waals surface area contributed by atoms with Gasteiger partial charge in [0.25, 0.3) is 0 Å². The van der Waals surface area contributed by atoms with Crippen LogP contribution in [0.5, 0.6) is 11.5 Å². The number of halogens is 1. The van der Waals surface area contributed by atoms with Gasteiger partial charge in [0.05, 0.1) is 13.2 Å². The number of hydrogen-bond donors (Lipinski definition) is 1. The Bertz CT molecular complexity index is 701. The van der Waals surface area contributed by atoms with Crippen molar-refractivity contribution in [3.63, 3.8) is 0 Å². The van der Waals surface area contributed by atoms with Gasteiger partial charge in [-0.25, -0.2) is 4.39 Å². The molecule has 1 aliphatic rings. The Morgan fingerprint density at radius 1 is 1.16 bits per heavy atom. The second kappa shape index (κ2) is 8.32. The van der Waals surface area contributed by atoms with Gasteiger partial charge in [-0.2, -0.15) is 0 Å². The number of rotatable bonds is 7. The normalized spacial score (nSPS) is 17.2. The molecular formula is C20H24FNO3. The molecule has 4 nitrogen and oxygen atoms in total. The first-order valence-corrected chi connectivity index (χ1v) is 8.59. The van der Waals surface area contributed by atoms with E-state index in [1.54, 1.807) is 18.2 Å². The van der Waals surface area contributed by atoms with Crippen molar-refractivity contribution in [2.24, 2.45) is 0 Å². The fraction of sp³-hybridized carbons (Fsp3) is 0.400. The van der Waals surface area contributed by atoms with Crippen molar-refractivity contribution >= 4 is 0 Å². The molecule has 0 radical (unpaired) electrons. The third-order valence-corrected chi connectivity index (χ3v) is 4.53. The van der Waals surface area contributed by atoms with Crippen molar-refractivity contribution in [2.75, 3.05) is 20.3 Å². The zero-order chi connectivity index (χ0) is 17.6. The van der Waals surface area contributed by atoms with Gasteiger partial charge in [0.2, 0.25) is 0 Å². The van der Waals surface area contributed by atoms with E-state index < -0.39 is 0 Å². The highest BCUT2D eigenvalue weighted by atomic mass is 19.1. The Labute approximate surface area is 147 Å². The molecule has 1 N–H and O–H groups in total. The topological polar surface area (TPSA) is 41.9 Å². The largest absolute Gasteiger partial charge is 0.504 e. The summed E-state index contributed by atoms with van der Waals surface area (Å²) in [5.41, 5.74) is 1.40. The van der Waals surface area contributed by atoms with E-state index in [9.17, 15) is 9.50 Å². The maximum atomic E-state index is 14.1. The summed E-state index contributed by atoms with van der Waals surface area (Å²) in [4.78, 5) is 2.11. The van der Waals surface area contributed by atoms with Crippen molar-refractivity contribution in [3.05, 3.63) is 59.4 Å². The summed E-state index contributed by atoms with van der Waals surface area (Å²) in [6.07, 6.45) is 2.22. The van der Waals surface area contributed by atoms with Crippen LogP contribution in [-0.4, -0.2) is 36.4 Å². The van der Waals surface area contributed by atoms with Gasteiger partial charge in [-0.05, 0) is 25.0 Å². The number of nitrogens with zero attached hydrogens (tertiary/aromatic N) is 1. The van der Waals surface area contributed by atoms with Crippen molar-refractivity contribution < 1.29 is 19.0 Å². The monoisotopic (exact) mass is 345 g/mol. The highest BCUT2D eigenvalue weighted by Crippen LogP contribution is 2.31. The van der Waals surface area contributed by atoms with Crippen LogP contribution in [0.1, 0.15) is 24.0 Å². The van der Waals surface area contributed by atoms with Crippen LogP contribution >= 0.6 is 0 Å². The number of hydrogen-bond acceptors (Lipinski definition) is 4. The van der Waals surface area contributed by atoms with Gasteiger partial charge in [0, 0.05) is 37.4 Å². The van der Waals surface area contributed by atoms with E-state index in [0.29, 0.717) is 30.9 Å². The third kappa shape index (κ3) is 4.50. The predicted molar refractivity (Wildman–Crippen MR) is 94.1 cm³/mol. The van der Waals surface area contributed by atoms with Crippen LogP contribution in [0.25, 0.3) is 0 Å². The number of benzene rings is 2. The van der Waals surface area contributed by atoms with E-state index in [0.717, 1.165) is 25.0 Å². The average Bonchev–Trinajstić information content (AvgIpc) is 3.12. The molecule has 0 aromatic heterocycles. The van der Waals surface area contributed by atoms with Crippen LogP contribution in [0.3, 0.4) is 0 Å². The second-order valence-corrected chi connectivity index (χ2v) is 6.36. The first kappa shape index (κ1) is 17.7. The van der Waals surface area contributed by atoms with Crippen LogP contribution in [0.2, 0.25) is 0 Å². The second-order valence-electron chi connectivity index (χ2n) is 6.36. The van der Waals surface area contributed by atoms with Crippen LogP contribution < -0.4 is 4.74 Å². The third-order valence-electron chi connectivity index (χ3n) is 4.53. The standard InChI is InChI=1S/C20H24FNO3/c1-24-19-10-4-7-16(20(19)23)13-22(14-17-8-5-11-25-17)12-15-6-2-3-9-18(15)21/h2-4,6-7,9-10,17,23H,5,8,11-14H2,1H3. The number of aromatic hydroxyl groups is 1. The summed E-state index contributed by atoms with van der Waals surface area (Å²) in [6.45, 7) is 2.44. The maximum absolute atomic E-state index is 14.1. The molecule has 1 fully saturated rings. The zero-order valence-corrected chi connectivity index (χ0v) is 14.5. The SMILES string of the molecule is COc1cccc(CN(Cc2ccccc2F)CC2CCCO2)c1O. The van der Waals surface area contributed by atoms with Crippen LogP contribution in [0, 0.1) is 5.82 Å². The van der Waals surface area contributed by atoms with E-state index in [2.05, 4.69) is 4.90 Å². The van der Waals surface area contributed by atoms with Crippen LogP contribution in [-0.2, 0) is 17.8 Å². The van der Waals surface area contributed by atoms with Gasteiger partial charge in [-0.1, -0.05) is 30.3 Å². The summed E-state index contributed by atoms with van der Waals surface area (Å²) >= 11 is 0. The lowest BCUT2D eigenvalue weighted by atomic mass is 10.1. The molecule has 0 bridgehead atoms. The minimum Gasteiger partial charge on any atom is -0.504 e. The molecule has 1 atom stereocenters. The molecule has 5 heteroatoms.